The van der Waals surface area contributed by atoms with Gasteiger partial charge in [-0.2, -0.15) is 8.78 Å². The largest absolute Gasteiger partial charge is 0.270 e. The first kappa shape index (κ1) is 9.65. The van der Waals surface area contributed by atoms with Gasteiger partial charge in [-0.25, -0.2) is 0 Å². The van der Waals surface area contributed by atoms with Crippen LogP contribution in [0.3, 0.4) is 0 Å². The molecule has 0 heterocycles. The third-order valence-electron chi connectivity index (χ3n) is 1.53. The number of rotatable bonds is 2. The lowest BCUT2D eigenvalue weighted by Crippen LogP contribution is -1.73. The van der Waals surface area contributed by atoms with Crippen molar-refractivity contribution in [1.29, 1.82) is 0 Å². The van der Waals surface area contributed by atoms with Crippen molar-refractivity contribution >= 4 is 6.08 Å². The van der Waals surface area contributed by atoms with Crippen molar-refractivity contribution in [2.75, 3.05) is 0 Å². The van der Waals surface area contributed by atoms with E-state index in [0.717, 1.165) is 11.6 Å². The van der Waals surface area contributed by atoms with Gasteiger partial charge in [-0.3, -0.25) is 0 Å². The van der Waals surface area contributed by atoms with Crippen LogP contribution < -0.4 is 0 Å². The Morgan fingerprint density at radius 1 is 1.15 bits per heavy atom. The van der Waals surface area contributed by atoms with Gasteiger partial charge >= 0.3 is 0 Å². The second-order valence-electron chi connectivity index (χ2n) is 2.73. The van der Waals surface area contributed by atoms with E-state index >= 15 is 0 Å². The first-order valence-electron chi connectivity index (χ1n) is 3.94. The number of hydrogen-bond donors (Lipinski definition) is 0. The van der Waals surface area contributed by atoms with Crippen LogP contribution in [0.1, 0.15) is 12.5 Å². The molecule has 2 heteroatoms. The highest BCUT2D eigenvalue weighted by Gasteiger charge is 1.90. The average molecular weight is 180 g/mol. The highest BCUT2D eigenvalue weighted by molar-refractivity contribution is 5.54. The topological polar surface area (TPSA) is 0 Å². The zero-order valence-electron chi connectivity index (χ0n) is 7.30. The molecule has 0 nitrogen and oxygen atoms in total. The fraction of sp³-hybridized carbons (Fsp3) is 0.0909. The molecule has 0 saturated carbocycles. The second kappa shape index (κ2) is 4.55. The molecule has 0 aliphatic heterocycles. The van der Waals surface area contributed by atoms with Crippen LogP contribution in [-0.2, 0) is 0 Å². The third kappa shape index (κ3) is 3.65. The Balaban J connectivity index is 2.83. The predicted octanol–water partition coefficient (Wildman–Crippen LogP) is 3.87. The molecule has 0 unspecified atom stereocenters. The molecule has 0 radical (unpaired) electrons. The van der Waals surface area contributed by atoms with Crippen LogP contribution in [0.2, 0.25) is 0 Å². The maximum absolute atomic E-state index is 11.8. The summed E-state index contributed by atoms with van der Waals surface area (Å²) >= 11 is 0. The summed E-state index contributed by atoms with van der Waals surface area (Å²) in [5.41, 5.74) is 1.48. The van der Waals surface area contributed by atoms with Crippen molar-refractivity contribution in [3.63, 3.8) is 0 Å². The maximum atomic E-state index is 11.8. The number of halogens is 2. The van der Waals surface area contributed by atoms with E-state index in [1.165, 1.54) is 0 Å². The minimum absolute atomic E-state index is 0.547. The van der Waals surface area contributed by atoms with Gasteiger partial charge in [0.1, 0.15) is 0 Å². The molecule has 0 N–H and O–H groups in total. The van der Waals surface area contributed by atoms with E-state index in [9.17, 15) is 8.78 Å². The molecule has 0 fully saturated rings. The van der Waals surface area contributed by atoms with Crippen LogP contribution >= 0.6 is 0 Å². The Bertz CT molecular complexity index is 319. The summed E-state index contributed by atoms with van der Waals surface area (Å²) in [5.74, 6) is 0. The van der Waals surface area contributed by atoms with Crippen LogP contribution in [0.15, 0.2) is 48.1 Å². The van der Waals surface area contributed by atoms with E-state index in [1.54, 1.807) is 13.0 Å². The monoisotopic (exact) mass is 180 g/mol. The summed E-state index contributed by atoms with van der Waals surface area (Å²) < 4.78 is 23.6. The van der Waals surface area contributed by atoms with Crippen molar-refractivity contribution in [3.05, 3.63) is 53.6 Å². The van der Waals surface area contributed by atoms with Gasteiger partial charge in [0.25, 0.3) is 6.08 Å². The highest BCUT2D eigenvalue weighted by Crippen LogP contribution is 2.09. The SMILES string of the molecule is C/C(C=C(F)F)=C\c1ccccc1. The summed E-state index contributed by atoms with van der Waals surface area (Å²) in [6.45, 7) is 1.64. The van der Waals surface area contributed by atoms with Gasteiger partial charge in [0, 0.05) is 6.08 Å². The molecular formula is C11H10F2. The van der Waals surface area contributed by atoms with E-state index in [-0.39, 0.29) is 0 Å². The lowest BCUT2D eigenvalue weighted by atomic mass is 10.1. The average Bonchev–Trinajstić information content (AvgIpc) is 2.04. The first-order valence-corrected chi connectivity index (χ1v) is 3.94. The molecule has 1 aromatic rings. The summed E-state index contributed by atoms with van der Waals surface area (Å²) in [5, 5.41) is 0. The minimum Gasteiger partial charge on any atom is -0.173 e. The van der Waals surface area contributed by atoms with E-state index in [1.807, 2.05) is 30.3 Å². The highest BCUT2D eigenvalue weighted by atomic mass is 19.3. The second-order valence-corrected chi connectivity index (χ2v) is 2.73. The van der Waals surface area contributed by atoms with E-state index in [2.05, 4.69) is 0 Å². The molecule has 0 saturated heterocycles. The normalized spacial score (nSPS) is 11.2. The third-order valence-corrected chi connectivity index (χ3v) is 1.53. The standard InChI is InChI=1S/C11H10F2/c1-9(8-11(12)13)7-10-5-3-2-4-6-10/h2-8H,1H3/b9-7+. The van der Waals surface area contributed by atoms with Gasteiger partial charge < -0.3 is 0 Å². The van der Waals surface area contributed by atoms with Crippen LogP contribution in [0.25, 0.3) is 6.08 Å². The summed E-state index contributed by atoms with van der Waals surface area (Å²) in [7, 11) is 0. The molecule has 1 aromatic carbocycles. The zero-order chi connectivity index (χ0) is 9.68. The summed E-state index contributed by atoms with van der Waals surface area (Å²) in [6.07, 6.45) is 0.899. The lowest BCUT2D eigenvalue weighted by Gasteiger charge is -1.93. The molecule has 68 valence electrons. The molecule has 0 bridgehead atoms. The summed E-state index contributed by atoms with van der Waals surface area (Å²) in [4.78, 5) is 0. The molecule has 1 rings (SSSR count). The van der Waals surface area contributed by atoms with Crippen molar-refractivity contribution in [3.8, 4) is 0 Å². The Kier molecular flexibility index (Phi) is 3.38. The Morgan fingerprint density at radius 3 is 2.31 bits per heavy atom. The van der Waals surface area contributed by atoms with Gasteiger partial charge in [0.2, 0.25) is 0 Å². The maximum Gasteiger partial charge on any atom is 0.270 e. The Hall–Kier alpha value is -1.44. The van der Waals surface area contributed by atoms with Gasteiger partial charge in [-0.05, 0) is 18.1 Å². The van der Waals surface area contributed by atoms with Crippen LogP contribution in [0.4, 0.5) is 8.78 Å². The van der Waals surface area contributed by atoms with Gasteiger partial charge in [-0.1, -0.05) is 36.4 Å². The number of allylic oxidation sites excluding steroid dienone is 2. The first-order chi connectivity index (χ1) is 6.18. The minimum atomic E-state index is -1.66. The van der Waals surface area contributed by atoms with E-state index in [0.29, 0.717) is 5.57 Å². The molecule has 0 aromatic heterocycles. The Labute approximate surface area is 76.2 Å². The molecule has 0 amide bonds. The van der Waals surface area contributed by atoms with Gasteiger partial charge in [-0.15, -0.1) is 0 Å². The van der Waals surface area contributed by atoms with Gasteiger partial charge in [0.15, 0.2) is 0 Å². The smallest absolute Gasteiger partial charge is 0.173 e. The summed E-state index contributed by atoms with van der Waals surface area (Å²) in [6, 6.07) is 9.36. The van der Waals surface area contributed by atoms with E-state index in [4.69, 9.17) is 0 Å². The van der Waals surface area contributed by atoms with Crippen molar-refractivity contribution in [1.82, 2.24) is 0 Å². The van der Waals surface area contributed by atoms with Crippen molar-refractivity contribution in [2.24, 2.45) is 0 Å². The molecule has 0 atom stereocenters. The lowest BCUT2D eigenvalue weighted by molar-refractivity contribution is 0.421. The zero-order valence-corrected chi connectivity index (χ0v) is 7.30. The molecule has 0 aliphatic carbocycles. The molecule has 0 aliphatic rings. The number of benzene rings is 1. The van der Waals surface area contributed by atoms with Crippen LogP contribution in [0, 0.1) is 0 Å². The molecule has 13 heavy (non-hydrogen) atoms. The fourth-order valence-corrected chi connectivity index (χ4v) is 1.03. The Morgan fingerprint density at radius 2 is 1.77 bits per heavy atom. The van der Waals surface area contributed by atoms with Crippen molar-refractivity contribution in [2.45, 2.75) is 6.92 Å². The van der Waals surface area contributed by atoms with Crippen molar-refractivity contribution < 1.29 is 8.78 Å². The van der Waals surface area contributed by atoms with Crippen LogP contribution in [-0.4, -0.2) is 0 Å². The predicted molar refractivity (Wildman–Crippen MR) is 50.4 cm³/mol. The molecule has 0 spiro atoms. The molecular weight excluding hydrogens is 170 g/mol. The quantitative estimate of drug-likeness (QED) is 0.606. The van der Waals surface area contributed by atoms with E-state index < -0.39 is 6.08 Å². The van der Waals surface area contributed by atoms with Crippen LogP contribution in [0.5, 0.6) is 0 Å². The fourth-order valence-electron chi connectivity index (χ4n) is 1.03. The number of hydrogen-bond acceptors (Lipinski definition) is 0. The van der Waals surface area contributed by atoms with Gasteiger partial charge in [0.05, 0.1) is 0 Å².